The number of hydrogen-bond acceptors (Lipinski definition) is 5. The molecule has 0 spiro atoms. The Hall–Kier alpha value is -3.39. The van der Waals surface area contributed by atoms with Crippen LogP contribution < -0.4 is 15.6 Å². The van der Waals surface area contributed by atoms with Gasteiger partial charge in [0.15, 0.2) is 0 Å². The highest BCUT2D eigenvalue weighted by Gasteiger charge is 2.16. The summed E-state index contributed by atoms with van der Waals surface area (Å²) in [6, 6.07) is 13.8. The zero-order chi connectivity index (χ0) is 20.1. The van der Waals surface area contributed by atoms with Crippen LogP contribution in [0, 0.1) is 0 Å². The SMILES string of the molecule is COc1cccc(-c2cc(C(=O)NCC(O)Cn3ccccc3=O)n(C)n2)c1. The molecule has 28 heavy (non-hydrogen) atoms. The van der Waals surface area contributed by atoms with Crippen molar-refractivity contribution >= 4 is 5.91 Å². The number of aryl methyl sites for hydroxylation is 1. The van der Waals surface area contributed by atoms with Gasteiger partial charge in [-0.3, -0.25) is 14.3 Å². The molecule has 8 nitrogen and oxygen atoms in total. The van der Waals surface area contributed by atoms with Crippen molar-refractivity contribution in [1.82, 2.24) is 19.7 Å². The summed E-state index contributed by atoms with van der Waals surface area (Å²) < 4.78 is 8.09. The molecule has 0 fully saturated rings. The van der Waals surface area contributed by atoms with E-state index in [2.05, 4.69) is 10.4 Å². The van der Waals surface area contributed by atoms with E-state index in [1.54, 1.807) is 38.6 Å². The first-order valence-corrected chi connectivity index (χ1v) is 8.78. The van der Waals surface area contributed by atoms with Gasteiger partial charge in [-0.1, -0.05) is 18.2 Å². The minimum Gasteiger partial charge on any atom is -0.497 e. The van der Waals surface area contributed by atoms with Crippen LogP contribution in [0.4, 0.5) is 0 Å². The predicted octanol–water partition coefficient (Wildman–Crippen LogP) is 1.05. The fraction of sp³-hybridized carbons (Fsp3) is 0.250. The molecule has 2 N–H and O–H groups in total. The number of nitrogens with one attached hydrogen (secondary N) is 1. The second kappa shape index (κ2) is 8.53. The van der Waals surface area contributed by atoms with E-state index in [0.717, 1.165) is 5.56 Å². The number of rotatable bonds is 7. The van der Waals surface area contributed by atoms with E-state index in [1.165, 1.54) is 15.3 Å². The van der Waals surface area contributed by atoms with Crippen LogP contribution in [0.15, 0.2) is 59.5 Å². The first-order valence-electron chi connectivity index (χ1n) is 8.78. The highest BCUT2D eigenvalue weighted by atomic mass is 16.5. The van der Waals surface area contributed by atoms with Gasteiger partial charge in [-0.15, -0.1) is 0 Å². The van der Waals surface area contributed by atoms with Crippen LogP contribution in [0.25, 0.3) is 11.3 Å². The molecule has 0 saturated carbocycles. The maximum absolute atomic E-state index is 12.5. The maximum Gasteiger partial charge on any atom is 0.269 e. The normalized spacial score (nSPS) is 11.8. The monoisotopic (exact) mass is 382 g/mol. The standard InChI is InChI=1S/C20H22N4O4/c1-23-18(11-17(22-23)14-6-5-7-16(10-14)28-2)20(27)21-12-15(25)13-24-9-4-3-8-19(24)26/h3-11,15,25H,12-13H2,1-2H3,(H,21,27). The summed E-state index contributed by atoms with van der Waals surface area (Å²) in [5.74, 6) is 0.344. The molecule has 1 amide bonds. The number of aliphatic hydroxyl groups is 1. The molecule has 0 aliphatic rings. The number of hydrogen-bond donors (Lipinski definition) is 2. The van der Waals surface area contributed by atoms with Crippen LogP contribution in [-0.4, -0.2) is 45.1 Å². The van der Waals surface area contributed by atoms with Gasteiger partial charge in [0, 0.05) is 31.4 Å². The summed E-state index contributed by atoms with van der Waals surface area (Å²) in [5.41, 5.74) is 1.63. The Labute approximate surface area is 162 Å². The Balaban J connectivity index is 1.65. The molecule has 0 radical (unpaired) electrons. The third-order valence-corrected chi connectivity index (χ3v) is 4.28. The van der Waals surface area contributed by atoms with Gasteiger partial charge in [-0.25, -0.2) is 0 Å². The van der Waals surface area contributed by atoms with Gasteiger partial charge in [0.2, 0.25) is 0 Å². The van der Waals surface area contributed by atoms with E-state index in [9.17, 15) is 14.7 Å². The maximum atomic E-state index is 12.5. The molecule has 2 heterocycles. The Morgan fingerprint density at radius 2 is 2.07 bits per heavy atom. The van der Waals surface area contributed by atoms with Gasteiger partial charge in [-0.05, 0) is 24.3 Å². The number of carbonyl (C=O) groups is 1. The summed E-state index contributed by atoms with van der Waals surface area (Å²) >= 11 is 0. The van der Waals surface area contributed by atoms with Crippen molar-refractivity contribution in [1.29, 1.82) is 0 Å². The summed E-state index contributed by atoms with van der Waals surface area (Å²) in [7, 11) is 3.27. The molecule has 3 rings (SSSR count). The van der Waals surface area contributed by atoms with Crippen LogP contribution >= 0.6 is 0 Å². The highest BCUT2D eigenvalue weighted by Crippen LogP contribution is 2.23. The van der Waals surface area contributed by atoms with Crippen LogP contribution in [0.5, 0.6) is 5.75 Å². The van der Waals surface area contributed by atoms with Crippen LogP contribution in [0.1, 0.15) is 10.5 Å². The van der Waals surface area contributed by atoms with Crippen molar-refractivity contribution in [2.24, 2.45) is 7.05 Å². The Morgan fingerprint density at radius 1 is 1.25 bits per heavy atom. The van der Waals surface area contributed by atoms with Crippen LogP contribution in [0.3, 0.4) is 0 Å². The van der Waals surface area contributed by atoms with Gasteiger partial charge in [-0.2, -0.15) is 5.10 Å². The molecule has 0 saturated heterocycles. The van der Waals surface area contributed by atoms with Gasteiger partial charge in [0.25, 0.3) is 11.5 Å². The van der Waals surface area contributed by atoms with Gasteiger partial charge >= 0.3 is 0 Å². The van der Waals surface area contributed by atoms with E-state index >= 15 is 0 Å². The average molecular weight is 382 g/mol. The van der Waals surface area contributed by atoms with E-state index in [-0.39, 0.29) is 24.6 Å². The van der Waals surface area contributed by atoms with Crippen molar-refractivity contribution in [3.8, 4) is 17.0 Å². The summed E-state index contributed by atoms with van der Waals surface area (Å²) in [6.45, 7) is 0.111. The number of benzene rings is 1. The molecule has 146 valence electrons. The Bertz CT molecular complexity index is 1020. The highest BCUT2D eigenvalue weighted by molar-refractivity contribution is 5.93. The minimum atomic E-state index is -0.893. The van der Waals surface area contributed by atoms with Crippen LogP contribution in [0.2, 0.25) is 0 Å². The summed E-state index contributed by atoms with van der Waals surface area (Å²) in [4.78, 5) is 24.2. The lowest BCUT2D eigenvalue weighted by Gasteiger charge is -2.13. The van der Waals surface area contributed by atoms with Crippen molar-refractivity contribution in [2.45, 2.75) is 12.6 Å². The number of pyridine rings is 1. The lowest BCUT2D eigenvalue weighted by molar-refractivity contribution is 0.0894. The predicted molar refractivity (Wildman–Crippen MR) is 104 cm³/mol. The Morgan fingerprint density at radius 3 is 2.82 bits per heavy atom. The summed E-state index contributed by atoms with van der Waals surface area (Å²) in [6.07, 6.45) is 0.699. The molecule has 0 bridgehead atoms. The summed E-state index contributed by atoms with van der Waals surface area (Å²) in [5, 5.41) is 17.2. The molecule has 0 aliphatic carbocycles. The fourth-order valence-electron chi connectivity index (χ4n) is 2.81. The molecule has 0 aliphatic heterocycles. The number of ether oxygens (including phenoxy) is 1. The zero-order valence-electron chi connectivity index (χ0n) is 15.7. The molecule has 1 aromatic carbocycles. The van der Waals surface area contributed by atoms with Gasteiger partial charge in [0.1, 0.15) is 11.4 Å². The largest absolute Gasteiger partial charge is 0.497 e. The third-order valence-electron chi connectivity index (χ3n) is 4.28. The van der Waals surface area contributed by atoms with E-state index in [1.807, 2.05) is 24.3 Å². The molecule has 2 aromatic heterocycles. The topological polar surface area (TPSA) is 98.4 Å². The van der Waals surface area contributed by atoms with Crippen molar-refractivity contribution in [3.05, 3.63) is 70.8 Å². The molecule has 1 unspecified atom stereocenters. The third kappa shape index (κ3) is 4.47. The first-order chi connectivity index (χ1) is 13.5. The Kier molecular flexibility index (Phi) is 5.90. The zero-order valence-corrected chi connectivity index (χ0v) is 15.7. The second-order valence-corrected chi connectivity index (χ2v) is 6.33. The van der Waals surface area contributed by atoms with Crippen molar-refractivity contribution in [2.75, 3.05) is 13.7 Å². The molecule has 8 heteroatoms. The smallest absolute Gasteiger partial charge is 0.269 e. The van der Waals surface area contributed by atoms with E-state index in [4.69, 9.17) is 4.74 Å². The number of nitrogens with zero attached hydrogens (tertiary/aromatic N) is 3. The minimum absolute atomic E-state index is 0.0137. The lowest BCUT2D eigenvalue weighted by atomic mass is 10.1. The number of aliphatic hydroxyl groups excluding tert-OH is 1. The van der Waals surface area contributed by atoms with E-state index < -0.39 is 6.10 Å². The number of amides is 1. The van der Waals surface area contributed by atoms with Crippen molar-refractivity contribution < 1.29 is 14.6 Å². The number of aromatic nitrogens is 3. The van der Waals surface area contributed by atoms with E-state index in [0.29, 0.717) is 17.1 Å². The number of methoxy groups -OCH3 is 1. The van der Waals surface area contributed by atoms with Crippen molar-refractivity contribution in [3.63, 3.8) is 0 Å². The second-order valence-electron chi connectivity index (χ2n) is 6.33. The first kappa shape index (κ1) is 19.4. The molecule has 3 aromatic rings. The molecular formula is C20H22N4O4. The molecule has 1 atom stereocenters. The van der Waals surface area contributed by atoms with Crippen LogP contribution in [-0.2, 0) is 13.6 Å². The number of carbonyl (C=O) groups excluding carboxylic acids is 1. The van der Waals surface area contributed by atoms with Gasteiger partial charge < -0.3 is 19.7 Å². The molecular weight excluding hydrogens is 360 g/mol. The quantitative estimate of drug-likeness (QED) is 0.636. The van der Waals surface area contributed by atoms with Gasteiger partial charge in [0.05, 0.1) is 25.5 Å². The average Bonchev–Trinajstić information content (AvgIpc) is 3.10. The lowest BCUT2D eigenvalue weighted by Crippen LogP contribution is -2.37. The fourth-order valence-corrected chi connectivity index (χ4v) is 2.81.